The van der Waals surface area contributed by atoms with Crippen molar-refractivity contribution in [1.82, 2.24) is 15.2 Å². The van der Waals surface area contributed by atoms with Crippen LogP contribution in [-0.4, -0.2) is 26.1 Å². The molecule has 6 heteroatoms. The lowest BCUT2D eigenvalue weighted by Crippen LogP contribution is -2.18. The quantitative estimate of drug-likeness (QED) is 0.223. The first kappa shape index (κ1) is 21.1. The summed E-state index contributed by atoms with van der Waals surface area (Å²) in [6.07, 6.45) is 4.70. The van der Waals surface area contributed by atoms with E-state index in [-0.39, 0.29) is 5.92 Å². The average molecular weight is 439 g/mol. The molecule has 1 fully saturated rings. The minimum absolute atomic E-state index is 0.142. The van der Waals surface area contributed by atoms with Crippen LogP contribution in [0.4, 0.5) is 0 Å². The van der Waals surface area contributed by atoms with E-state index in [1.807, 2.05) is 43.3 Å². The first-order valence-corrected chi connectivity index (χ1v) is 11.3. The van der Waals surface area contributed by atoms with Crippen molar-refractivity contribution < 1.29 is 9.62 Å². The van der Waals surface area contributed by atoms with E-state index in [2.05, 4.69) is 51.5 Å². The summed E-state index contributed by atoms with van der Waals surface area (Å²) in [6.45, 7) is 4.04. The Balaban J connectivity index is 1.50. The highest BCUT2D eigenvalue weighted by molar-refractivity contribution is 6.05. The Morgan fingerprint density at radius 2 is 1.85 bits per heavy atom. The number of hydrogen-bond donors (Lipinski definition) is 1. The molecule has 1 unspecified atom stereocenters. The molecule has 0 amide bonds. The van der Waals surface area contributed by atoms with E-state index >= 15 is 0 Å². The summed E-state index contributed by atoms with van der Waals surface area (Å²) in [4.78, 5) is 4.29. The number of oxime groups is 1. The van der Waals surface area contributed by atoms with Gasteiger partial charge in [0, 0.05) is 34.9 Å². The number of hydrogen-bond acceptors (Lipinski definition) is 6. The predicted octanol–water partition coefficient (Wildman–Crippen LogP) is 5.83. The lowest BCUT2D eigenvalue weighted by molar-refractivity contribution is 0.317. The van der Waals surface area contributed by atoms with Gasteiger partial charge in [-0.15, -0.1) is 10.2 Å². The third-order valence-corrected chi connectivity index (χ3v) is 6.24. The summed E-state index contributed by atoms with van der Waals surface area (Å²) in [7, 11) is 0. The van der Waals surface area contributed by atoms with Gasteiger partial charge in [-0.2, -0.15) is 0 Å². The summed E-state index contributed by atoms with van der Waals surface area (Å²) in [5.41, 5.74) is 6.71. The second-order valence-electron chi connectivity index (χ2n) is 8.70. The first-order valence-electron chi connectivity index (χ1n) is 11.3. The maximum absolute atomic E-state index is 10.1. The zero-order valence-electron chi connectivity index (χ0n) is 18.8. The molecule has 2 aromatic heterocycles. The van der Waals surface area contributed by atoms with Gasteiger partial charge in [0.15, 0.2) is 0 Å². The van der Waals surface area contributed by atoms with Crippen LogP contribution in [0.3, 0.4) is 0 Å². The SMILES string of the molecule is Cc1cc(/C(=N/O)C(Cc2ccccc2C)c2ccc(-c3nnc(C4CC4)o3)cc2)ccn1. The van der Waals surface area contributed by atoms with Crippen molar-refractivity contribution >= 4 is 5.71 Å². The molecule has 1 atom stereocenters. The van der Waals surface area contributed by atoms with Gasteiger partial charge in [-0.3, -0.25) is 4.98 Å². The highest BCUT2D eigenvalue weighted by atomic mass is 16.4. The molecule has 0 spiro atoms. The van der Waals surface area contributed by atoms with E-state index in [1.54, 1.807) is 6.20 Å². The maximum atomic E-state index is 10.1. The molecule has 1 N–H and O–H groups in total. The van der Waals surface area contributed by atoms with Crippen LogP contribution in [-0.2, 0) is 6.42 Å². The van der Waals surface area contributed by atoms with E-state index in [0.717, 1.165) is 41.1 Å². The van der Waals surface area contributed by atoms with E-state index < -0.39 is 0 Å². The van der Waals surface area contributed by atoms with Gasteiger partial charge < -0.3 is 9.62 Å². The van der Waals surface area contributed by atoms with Gasteiger partial charge in [0.2, 0.25) is 11.8 Å². The molecule has 0 aliphatic heterocycles. The molecule has 1 aliphatic carbocycles. The highest BCUT2D eigenvalue weighted by Crippen LogP contribution is 2.40. The van der Waals surface area contributed by atoms with Gasteiger partial charge in [0.25, 0.3) is 0 Å². The number of nitrogens with zero attached hydrogens (tertiary/aromatic N) is 4. The summed E-state index contributed by atoms with van der Waals surface area (Å²) >= 11 is 0. The standard InChI is InChI=1S/C27H26N4O2/c1-17-5-3-4-6-22(17)16-24(25(31-32)23-13-14-28-18(2)15-23)19-7-9-20(10-8-19)26-29-30-27(33-26)21-11-12-21/h3-10,13-15,21,24,32H,11-12,16H2,1-2H3/b31-25-. The molecule has 0 bridgehead atoms. The Morgan fingerprint density at radius 1 is 1.06 bits per heavy atom. The Hall–Kier alpha value is -3.80. The molecular formula is C27H26N4O2. The van der Waals surface area contributed by atoms with Gasteiger partial charge in [-0.1, -0.05) is 41.6 Å². The lowest BCUT2D eigenvalue weighted by Gasteiger charge is -2.21. The number of benzene rings is 2. The Bertz CT molecular complexity index is 1290. The number of rotatable bonds is 7. The summed E-state index contributed by atoms with van der Waals surface area (Å²) in [5, 5.41) is 22.3. The zero-order valence-corrected chi connectivity index (χ0v) is 18.8. The molecule has 0 saturated heterocycles. The van der Waals surface area contributed by atoms with Crippen LogP contribution >= 0.6 is 0 Å². The monoisotopic (exact) mass is 438 g/mol. The second kappa shape index (κ2) is 8.98. The van der Waals surface area contributed by atoms with E-state index in [9.17, 15) is 5.21 Å². The van der Waals surface area contributed by atoms with Gasteiger partial charge in [0.05, 0.1) is 5.71 Å². The van der Waals surface area contributed by atoms with Gasteiger partial charge >= 0.3 is 0 Å². The number of pyridine rings is 1. The highest BCUT2D eigenvalue weighted by Gasteiger charge is 2.29. The van der Waals surface area contributed by atoms with Crippen LogP contribution in [0.15, 0.2) is 76.4 Å². The minimum atomic E-state index is -0.142. The molecular weight excluding hydrogens is 412 g/mol. The van der Waals surface area contributed by atoms with Crippen molar-refractivity contribution in [2.75, 3.05) is 0 Å². The second-order valence-corrected chi connectivity index (χ2v) is 8.70. The Labute approximate surface area is 193 Å². The third kappa shape index (κ3) is 4.55. The largest absolute Gasteiger partial charge is 0.420 e. The Morgan fingerprint density at radius 3 is 2.55 bits per heavy atom. The normalized spacial score (nSPS) is 14.9. The molecule has 1 aliphatic rings. The van der Waals surface area contributed by atoms with Crippen LogP contribution in [0.5, 0.6) is 0 Å². The van der Waals surface area contributed by atoms with Gasteiger partial charge in [-0.05, 0) is 74.1 Å². The van der Waals surface area contributed by atoms with Gasteiger partial charge in [-0.25, -0.2) is 0 Å². The maximum Gasteiger partial charge on any atom is 0.247 e. The molecule has 1 saturated carbocycles. The zero-order chi connectivity index (χ0) is 22.8. The summed E-state index contributed by atoms with van der Waals surface area (Å²) < 4.78 is 5.86. The Kier molecular flexibility index (Phi) is 5.73. The van der Waals surface area contributed by atoms with Crippen LogP contribution < -0.4 is 0 Å². The fourth-order valence-electron chi connectivity index (χ4n) is 4.17. The van der Waals surface area contributed by atoms with E-state index in [4.69, 9.17) is 4.42 Å². The molecule has 4 aromatic rings. The van der Waals surface area contributed by atoms with Crippen LogP contribution in [0.2, 0.25) is 0 Å². The first-order chi connectivity index (χ1) is 16.1. The smallest absolute Gasteiger partial charge is 0.247 e. The summed E-state index contributed by atoms with van der Waals surface area (Å²) in [5.74, 6) is 1.56. The summed E-state index contributed by atoms with van der Waals surface area (Å²) in [6, 6.07) is 20.3. The van der Waals surface area contributed by atoms with Crippen molar-refractivity contribution in [3.63, 3.8) is 0 Å². The number of aromatic nitrogens is 3. The predicted molar refractivity (Wildman–Crippen MR) is 127 cm³/mol. The van der Waals surface area contributed by atoms with Gasteiger partial charge in [0.1, 0.15) is 0 Å². The van der Waals surface area contributed by atoms with Crippen molar-refractivity contribution in [2.24, 2.45) is 5.16 Å². The van der Waals surface area contributed by atoms with Crippen molar-refractivity contribution in [3.8, 4) is 11.5 Å². The topological polar surface area (TPSA) is 84.4 Å². The average Bonchev–Trinajstić information content (AvgIpc) is 3.57. The van der Waals surface area contributed by atoms with Crippen molar-refractivity contribution in [2.45, 2.75) is 44.9 Å². The third-order valence-electron chi connectivity index (χ3n) is 6.24. The molecule has 33 heavy (non-hydrogen) atoms. The minimum Gasteiger partial charge on any atom is -0.420 e. The molecule has 2 heterocycles. The molecule has 166 valence electrons. The molecule has 6 nitrogen and oxygen atoms in total. The molecule has 2 aromatic carbocycles. The molecule has 5 rings (SSSR count). The van der Waals surface area contributed by atoms with Crippen LogP contribution in [0.25, 0.3) is 11.5 Å². The van der Waals surface area contributed by atoms with Crippen LogP contribution in [0.1, 0.15) is 58.5 Å². The molecule has 0 radical (unpaired) electrons. The number of aryl methyl sites for hydroxylation is 2. The van der Waals surface area contributed by atoms with Crippen molar-refractivity contribution in [1.29, 1.82) is 0 Å². The van der Waals surface area contributed by atoms with E-state index in [0.29, 0.717) is 23.9 Å². The van der Waals surface area contributed by atoms with Crippen molar-refractivity contribution in [3.05, 3.63) is 101 Å². The fourth-order valence-corrected chi connectivity index (χ4v) is 4.17. The van der Waals surface area contributed by atoms with Crippen LogP contribution in [0, 0.1) is 13.8 Å². The lowest BCUT2D eigenvalue weighted by atomic mass is 9.83. The fraction of sp³-hybridized carbons (Fsp3) is 0.259. The van der Waals surface area contributed by atoms with E-state index in [1.165, 1.54) is 11.1 Å².